The van der Waals surface area contributed by atoms with Crippen LogP contribution in [0.25, 0.3) is 0 Å². The van der Waals surface area contributed by atoms with Gasteiger partial charge >= 0.3 is 0 Å². The van der Waals surface area contributed by atoms with E-state index < -0.39 is 0 Å². The van der Waals surface area contributed by atoms with E-state index in [-0.39, 0.29) is 30.3 Å². The number of benzene rings is 2. The van der Waals surface area contributed by atoms with Crippen LogP contribution in [-0.2, 0) is 14.3 Å². The third kappa shape index (κ3) is 13.7. The molecule has 1 N–H and O–H groups in total. The summed E-state index contributed by atoms with van der Waals surface area (Å²) in [4.78, 5) is 8.95. The second-order valence-electron chi connectivity index (χ2n) is 10.0. The van der Waals surface area contributed by atoms with E-state index in [9.17, 15) is 0 Å². The van der Waals surface area contributed by atoms with Gasteiger partial charge in [0.1, 0.15) is 5.75 Å². The Labute approximate surface area is 201 Å². The first kappa shape index (κ1) is 30.6. The molecule has 5 nitrogen and oxygen atoms in total. The highest BCUT2D eigenvalue weighted by molar-refractivity contribution is 5.36. The maximum Gasteiger partial charge on any atom is 0.292 e. The average Bonchev–Trinajstić information content (AvgIpc) is 2.73. The molecule has 33 heavy (non-hydrogen) atoms. The standard InChI is InChI=1S/C19H32O3.C7H8.C2H4O2/c1-14(21-13-12-20)22-16-10-8-15(9-11-16)17(18(2,3)4)19(5,6)7;1-7-5-3-2-4-6-7;1-4-2-3/h8-11,14,17,20H,12-13H2,1-7H3;2-6H,1H3;2H,1H3. The topological polar surface area (TPSA) is 65.0 Å². The first-order chi connectivity index (χ1) is 15.4. The number of aliphatic hydroxyl groups excluding tert-OH is 1. The van der Waals surface area contributed by atoms with Gasteiger partial charge in [0, 0.05) is 0 Å². The van der Waals surface area contributed by atoms with Gasteiger partial charge in [0.2, 0.25) is 0 Å². The minimum atomic E-state index is -0.362. The lowest BCUT2D eigenvalue weighted by Crippen LogP contribution is -2.30. The Morgan fingerprint density at radius 3 is 1.73 bits per heavy atom. The largest absolute Gasteiger partial charge is 0.471 e. The number of carbonyl (C=O) groups excluding carboxylic acids is 1. The van der Waals surface area contributed by atoms with Gasteiger partial charge in [-0.1, -0.05) is 89.6 Å². The van der Waals surface area contributed by atoms with Crippen molar-refractivity contribution in [2.75, 3.05) is 20.3 Å². The monoisotopic (exact) mass is 460 g/mol. The van der Waals surface area contributed by atoms with Crippen LogP contribution in [-0.4, -0.2) is 38.2 Å². The molecule has 2 aromatic carbocycles. The zero-order chi connectivity index (χ0) is 25.5. The summed E-state index contributed by atoms with van der Waals surface area (Å²) in [5.41, 5.74) is 3.04. The van der Waals surface area contributed by atoms with Crippen molar-refractivity contribution in [2.45, 2.75) is 67.6 Å². The van der Waals surface area contributed by atoms with Crippen molar-refractivity contribution in [3.05, 3.63) is 65.7 Å². The highest BCUT2D eigenvalue weighted by Gasteiger charge is 2.35. The van der Waals surface area contributed by atoms with E-state index in [0.29, 0.717) is 12.4 Å². The van der Waals surface area contributed by atoms with Crippen molar-refractivity contribution in [3.8, 4) is 5.75 Å². The average molecular weight is 461 g/mol. The summed E-state index contributed by atoms with van der Waals surface area (Å²) in [6.07, 6.45) is -0.362. The van der Waals surface area contributed by atoms with Gasteiger partial charge < -0.3 is 19.3 Å². The molecule has 2 rings (SSSR count). The molecule has 0 aliphatic heterocycles. The third-order valence-electron chi connectivity index (χ3n) is 4.73. The minimum absolute atomic E-state index is 0.00544. The van der Waals surface area contributed by atoms with E-state index in [1.165, 1.54) is 18.2 Å². The number of hydrogen-bond donors (Lipinski definition) is 1. The molecule has 0 aromatic heterocycles. The quantitative estimate of drug-likeness (QED) is 0.384. The Balaban J connectivity index is 0.000000759. The molecule has 0 saturated heterocycles. The van der Waals surface area contributed by atoms with Gasteiger partial charge in [-0.05, 0) is 48.3 Å². The minimum Gasteiger partial charge on any atom is -0.471 e. The van der Waals surface area contributed by atoms with Crippen molar-refractivity contribution < 1.29 is 24.1 Å². The summed E-state index contributed by atoms with van der Waals surface area (Å²) in [6, 6.07) is 18.6. The molecular formula is C28H44O5. The van der Waals surface area contributed by atoms with Crippen molar-refractivity contribution in [3.63, 3.8) is 0 Å². The Kier molecular flexibility index (Phi) is 14.4. The smallest absolute Gasteiger partial charge is 0.292 e. The number of carbonyl (C=O) groups is 1. The maximum absolute atomic E-state index is 8.95. The second-order valence-corrected chi connectivity index (χ2v) is 10.0. The third-order valence-corrected chi connectivity index (χ3v) is 4.73. The molecule has 186 valence electrons. The van der Waals surface area contributed by atoms with Crippen LogP contribution < -0.4 is 4.74 Å². The van der Waals surface area contributed by atoms with Crippen LogP contribution >= 0.6 is 0 Å². The van der Waals surface area contributed by atoms with E-state index in [0.717, 1.165) is 5.75 Å². The van der Waals surface area contributed by atoms with Gasteiger partial charge in [0.05, 0.1) is 20.3 Å². The molecule has 5 heteroatoms. The molecule has 0 aliphatic carbocycles. The van der Waals surface area contributed by atoms with Crippen LogP contribution in [0.1, 0.15) is 65.5 Å². The first-order valence-corrected chi connectivity index (χ1v) is 11.3. The van der Waals surface area contributed by atoms with E-state index >= 15 is 0 Å². The fourth-order valence-corrected chi connectivity index (χ4v) is 4.02. The predicted octanol–water partition coefficient (Wildman–Crippen LogP) is 6.38. The van der Waals surface area contributed by atoms with E-state index in [1.807, 2.05) is 37.3 Å². The molecule has 0 fully saturated rings. The first-order valence-electron chi connectivity index (χ1n) is 11.3. The number of rotatable bonds is 7. The Hall–Kier alpha value is -2.37. The summed E-state index contributed by atoms with van der Waals surface area (Å²) < 4.78 is 14.9. The molecular weight excluding hydrogens is 416 g/mol. The summed E-state index contributed by atoms with van der Waals surface area (Å²) in [5.74, 6) is 1.24. The van der Waals surface area contributed by atoms with Gasteiger partial charge in [-0.2, -0.15) is 0 Å². The SMILES string of the molecule is CC(OCCO)Oc1ccc(C(C(C)(C)C)C(C)(C)C)cc1.COC=O.Cc1ccccc1. The van der Waals surface area contributed by atoms with Gasteiger partial charge in [-0.15, -0.1) is 0 Å². The Morgan fingerprint density at radius 2 is 1.39 bits per heavy atom. The molecule has 0 radical (unpaired) electrons. The summed E-state index contributed by atoms with van der Waals surface area (Å²) in [6.45, 7) is 18.3. The zero-order valence-corrected chi connectivity index (χ0v) is 21.9. The van der Waals surface area contributed by atoms with Gasteiger partial charge in [0.15, 0.2) is 6.29 Å². The van der Waals surface area contributed by atoms with Crippen molar-refractivity contribution in [2.24, 2.45) is 10.8 Å². The second kappa shape index (κ2) is 15.5. The molecule has 0 heterocycles. The number of methoxy groups -OCH3 is 1. The Bertz CT molecular complexity index is 729. The van der Waals surface area contributed by atoms with Gasteiger partial charge in [0.25, 0.3) is 6.47 Å². The van der Waals surface area contributed by atoms with Crippen LogP contribution in [0.4, 0.5) is 0 Å². The van der Waals surface area contributed by atoms with Crippen molar-refractivity contribution in [1.29, 1.82) is 0 Å². The molecule has 1 unspecified atom stereocenters. The molecule has 0 aliphatic rings. The van der Waals surface area contributed by atoms with Crippen LogP contribution in [0.2, 0.25) is 0 Å². The lowest BCUT2D eigenvalue weighted by Gasteiger charge is -2.41. The van der Waals surface area contributed by atoms with E-state index in [1.54, 1.807) is 0 Å². The normalized spacial score (nSPS) is 12.0. The zero-order valence-electron chi connectivity index (χ0n) is 21.9. The predicted molar refractivity (Wildman–Crippen MR) is 135 cm³/mol. The molecule has 2 aromatic rings. The summed E-state index contributed by atoms with van der Waals surface area (Å²) in [5, 5.41) is 8.75. The summed E-state index contributed by atoms with van der Waals surface area (Å²) in [7, 11) is 1.31. The van der Waals surface area contributed by atoms with Crippen LogP contribution in [0.15, 0.2) is 54.6 Å². The highest BCUT2D eigenvalue weighted by Crippen LogP contribution is 2.47. The van der Waals surface area contributed by atoms with Gasteiger partial charge in [-0.25, -0.2) is 0 Å². The maximum atomic E-state index is 8.95. The van der Waals surface area contributed by atoms with Crippen LogP contribution in [0.5, 0.6) is 5.75 Å². The fourth-order valence-electron chi connectivity index (χ4n) is 4.02. The molecule has 1 atom stereocenters. The van der Waals surface area contributed by atoms with Crippen LogP contribution in [0.3, 0.4) is 0 Å². The number of ether oxygens (including phenoxy) is 3. The number of aryl methyl sites for hydroxylation is 1. The molecule has 0 amide bonds. The summed E-state index contributed by atoms with van der Waals surface area (Å²) >= 11 is 0. The number of aliphatic hydroxyl groups is 1. The highest BCUT2D eigenvalue weighted by atomic mass is 16.7. The molecule has 0 saturated carbocycles. The van der Waals surface area contributed by atoms with Gasteiger partial charge in [-0.3, -0.25) is 4.79 Å². The lowest BCUT2D eigenvalue weighted by atomic mass is 9.64. The molecule has 0 spiro atoms. The molecule has 0 bridgehead atoms. The van der Waals surface area contributed by atoms with E-state index in [2.05, 4.69) is 77.5 Å². The Morgan fingerprint density at radius 1 is 0.909 bits per heavy atom. The number of hydrogen-bond acceptors (Lipinski definition) is 5. The van der Waals surface area contributed by atoms with Crippen LogP contribution in [0, 0.1) is 17.8 Å². The van der Waals surface area contributed by atoms with E-state index in [4.69, 9.17) is 19.4 Å². The lowest BCUT2D eigenvalue weighted by molar-refractivity contribution is -0.126. The fraction of sp³-hybridized carbons (Fsp3) is 0.536. The van der Waals surface area contributed by atoms with Crippen molar-refractivity contribution >= 4 is 6.47 Å². The van der Waals surface area contributed by atoms with Crippen molar-refractivity contribution in [1.82, 2.24) is 0 Å².